The monoisotopic (exact) mass is 643 g/mol. The van der Waals surface area contributed by atoms with Crippen molar-refractivity contribution in [2.45, 2.75) is 38.4 Å². The summed E-state index contributed by atoms with van der Waals surface area (Å²) in [6.07, 6.45) is 1.36. The summed E-state index contributed by atoms with van der Waals surface area (Å²) in [5.74, 6) is -0.659. The van der Waals surface area contributed by atoms with E-state index in [1.54, 1.807) is 36.4 Å². The van der Waals surface area contributed by atoms with Crippen molar-refractivity contribution < 1.29 is 22.8 Å². The third kappa shape index (κ3) is 8.46. The molecule has 12 heteroatoms. The van der Waals surface area contributed by atoms with Gasteiger partial charge in [-0.05, 0) is 73.4 Å². The van der Waals surface area contributed by atoms with Crippen LogP contribution in [-0.2, 0) is 17.5 Å². The molecule has 1 aliphatic heterocycles. The van der Waals surface area contributed by atoms with Gasteiger partial charge >= 0.3 is 6.18 Å². The van der Waals surface area contributed by atoms with E-state index in [9.17, 15) is 22.8 Å². The highest BCUT2D eigenvalue weighted by Gasteiger charge is 2.35. The molecule has 3 aromatic carbocycles. The van der Waals surface area contributed by atoms with Gasteiger partial charge in [0, 0.05) is 50.2 Å². The van der Waals surface area contributed by atoms with Gasteiger partial charge in [0.1, 0.15) is 11.4 Å². The van der Waals surface area contributed by atoms with E-state index in [2.05, 4.69) is 43.4 Å². The molecule has 1 aliphatic rings. The van der Waals surface area contributed by atoms with Crippen molar-refractivity contribution in [3.8, 4) is 0 Å². The Hall–Kier alpha value is -5.39. The first-order valence-electron chi connectivity index (χ1n) is 15.3. The van der Waals surface area contributed by atoms with Gasteiger partial charge in [-0.1, -0.05) is 42.5 Å². The number of halogens is 3. The number of hydrogen-bond donors (Lipinski definition) is 4. The number of anilines is 5. The van der Waals surface area contributed by atoms with Gasteiger partial charge in [0.05, 0.1) is 11.3 Å². The number of allylic oxidation sites excluding steroid dienone is 1. The summed E-state index contributed by atoms with van der Waals surface area (Å²) in [7, 11) is 1.44. The number of benzene rings is 3. The minimum Gasteiger partial charge on any atom is -0.381 e. The van der Waals surface area contributed by atoms with Crippen LogP contribution in [0, 0.1) is 0 Å². The Balaban J connectivity index is 1.24. The topological polar surface area (TPSA) is 111 Å². The fraction of sp³-hybridized carbons (Fsp3) is 0.257. The largest absolute Gasteiger partial charge is 0.421 e. The lowest BCUT2D eigenvalue weighted by Crippen LogP contribution is -2.38. The Labute approximate surface area is 271 Å². The van der Waals surface area contributed by atoms with E-state index in [0.717, 1.165) is 30.6 Å². The fourth-order valence-corrected chi connectivity index (χ4v) is 5.44. The molecular weight excluding hydrogens is 607 g/mol. The lowest BCUT2D eigenvalue weighted by Gasteiger charge is -2.32. The number of nitrogens with one attached hydrogen (secondary N) is 4. The minimum atomic E-state index is -4.72. The van der Waals surface area contributed by atoms with Crippen LogP contribution in [0.2, 0.25) is 0 Å². The average Bonchev–Trinajstić information content (AvgIpc) is 3.08. The number of alkyl halides is 3. The number of amides is 2. The molecule has 5 rings (SSSR count). The van der Waals surface area contributed by atoms with Gasteiger partial charge in [-0.2, -0.15) is 18.2 Å². The molecule has 2 amide bonds. The van der Waals surface area contributed by atoms with Gasteiger partial charge in [0.2, 0.25) is 11.9 Å². The molecule has 1 saturated heterocycles. The molecule has 0 aliphatic carbocycles. The molecule has 1 unspecified atom stereocenters. The van der Waals surface area contributed by atoms with Crippen LogP contribution in [0.25, 0.3) is 0 Å². The molecule has 0 saturated carbocycles. The van der Waals surface area contributed by atoms with Gasteiger partial charge < -0.3 is 26.2 Å². The standard InChI is InChI=1S/C35H36F3N7O2/c1-3-8-31(46)45-18-7-10-25(22-45)24-9-6-11-27(19-24)40-20-23-14-16-26(17-15-23)42-34-41-21-29(35(36,37)38)32(44-34)43-30-13-5-4-12-28(30)33(47)39-2/h3-6,8-9,11-17,19,21,25,40H,7,10,18,20,22H2,1-2H3,(H,39,47)(H2,41,42,43,44)/b8-3+. The lowest BCUT2D eigenvalue weighted by atomic mass is 9.90. The van der Waals surface area contributed by atoms with Crippen LogP contribution in [0.5, 0.6) is 0 Å². The first kappa shape index (κ1) is 33.0. The van der Waals surface area contributed by atoms with Crippen molar-refractivity contribution in [3.05, 3.63) is 113 Å². The van der Waals surface area contributed by atoms with Crippen LogP contribution in [0.3, 0.4) is 0 Å². The number of likely N-dealkylation sites (tertiary alicyclic amines) is 1. The number of para-hydroxylation sites is 1. The second-order valence-corrected chi connectivity index (χ2v) is 11.1. The molecule has 4 N–H and O–H groups in total. The smallest absolute Gasteiger partial charge is 0.381 e. The normalized spacial score (nSPS) is 14.9. The summed E-state index contributed by atoms with van der Waals surface area (Å²) in [6.45, 7) is 3.87. The number of aromatic nitrogens is 2. The van der Waals surface area contributed by atoms with Crippen molar-refractivity contribution in [2.24, 2.45) is 0 Å². The summed E-state index contributed by atoms with van der Waals surface area (Å²) in [6, 6.07) is 21.9. The van der Waals surface area contributed by atoms with Gasteiger partial charge in [-0.3, -0.25) is 9.59 Å². The van der Waals surface area contributed by atoms with E-state index in [1.807, 2.05) is 36.1 Å². The summed E-state index contributed by atoms with van der Waals surface area (Å²) < 4.78 is 41.5. The molecule has 4 aromatic rings. The Morgan fingerprint density at radius 1 is 1.00 bits per heavy atom. The quantitative estimate of drug-likeness (QED) is 0.135. The predicted molar refractivity (Wildman–Crippen MR) is 177 cm³/mol. The lowest BCUT2D eigenvalue weighted by molar-refractivity contribution is -0.137. The SMILES string of the molecule is C/C=C/C(=O)N1CCCC(c2cccc(NCc3ccc(Nc4ncc(C(F)(F)F)c(Nc5ccccc5C(=O)NC)n4)cc3)c2)C1. The second-order valence-electron chi connectivity index (χ2n) is 11.1. The van der Waals surface area contributed by atoms with Crippen molar-refractivity contribution in [2.75, 3.05) is 36.1 Å². The molecule has 47 heavy (non-hydrogen) atoms. The molecule has 1 fully saturated rings. The van der Waals surface area contributed by atoms with E-state index < -0.39 is 23.5 Å². The van der Waals surface area contributed by atoms with Crippen molar-refractivity contribution in [1.82, 2.24) is 20.2 Å². The Bertz CT molecular complexity index is 1740. The minimum absolute atomic E-state index is 0.0469. The van der Waals surface area contributed by atoms with E-state index in [0.29, 0.717) is 25.0 Å². The molecule has 0 spiro atoms. The summed E-state index contributed by atoms with van der Waals surface area (Å²) in [5.41, 5.74) is 3.01. The molecule has 1 aromatic heterocycles. The molecular formula is C35H36F3N7O2. The van der Waals surface area contributed by atoms with Crippen LogP contribution >= 0.6 is 0 Å². The molecule has 0 radical (unpaired) electrons. The highest BCUT2D eigenvalue weighted by Crippen LogP contribution is 2.36. The number of nitrogens with zero attached hydrogens (tertiary/aromatic N) is 3. The predicted octanol–water partition coefficient (Wildman–Crippen LogP) is 7.24. The van der Waals surface area contributed by atoms with Crippen molar-refractivity contribution in [1.29, 1.82) is 0 Å². The molecule has 9 nitrogen and oxygen atoms in total. The van der Waals surface area contributed by atoms with Crippen LogP contribution in [0.4, 0.5) is 42.0 Å². The maximum atomic E-state index is 13.8. The van der Waals surface area contributed by atoms with Crippen LogP contribution in [0.1, 0.15) is 52.7 Å². The van der Waals surface area contributed by atoms with Crippen molar-refractivity contribution in [3.63, 3.8) is 0 Å². The number of carbonyl (C=O) groups excluding carboxylic acids is 2. The Morgan fingerprint density at radius 3 is 2.53 bits per heavy atom. The van der Waals surface area contributed by atoms with Gasteiger partial charge in [0.15, 0.2) is 0 Å². The van der Waals surface area contributed by atoms with E-state index >= 15 is 0 Å². The molecule has 0 bridgehead atoms. The number of hydrogen-bond acceptors (Lipinski definition) is 7. The number of rotatable bonds is 10. The zero-order valence-corrected chi connectivity index (χ0v) is 26.1. The third-order valence-electron chi connectivity index (χ3n) is 7.85. The number of carbonyl (C=O) groups is 2. The number of piperidine rings is 1. The van der Waals surface area contributed by atoms with E-state index in [1.165, 1.54) is 24.7 Å². The summed E-state index contributed by atoms with van der Waals surface area (Å²) in [4.78, 5) is 34.5. The van der Waals surface area contributed by atoms with Crippen LogP contribution in [0.15, 0.2) is 91.1 Å². The maximum absolute atomic E-state index is 13.8. The fourth-order valence-electron chi connectivity index (χ4n) is 5.44. The zero-order valence-electron chi connectivity index (χ0n) is 26.1. The van der Waals surface area contributed by atoms with Gasteiger partial charge in [0.25, 0.3) is 5.91 Å². The van der Waals surface area contributed by atoms with Gasteiger partial charge in [-0.15, -0.1) is 0 Å². The second kappa shape index (κ2) is 14.8. The van der Waals surface area contributed by atoms with Gasteiger partial charge in [-0.25, -0.2) is 4.98 Å². The average molecular weight is 644 g/mol. The highest BCUT2D eigenvalue weighted by molar-refractivity contribution is 6.00. The third-order valence-corrected chi connectivity index (χ3v) is 7.85. The summed E-state index contributed by atoms with van der Waals surface area (Å²) >= 11 is 0. The van der Waals surface area contributed by atoms with Crippen LogP contribution in [-0.4, -0.2) is 46.8 Å². The van der Waals surface area contributed by atoms with E-state index in [-0.39, 0.29) is 29.0 Å². The molecule has 2 heterocycles. The maximum Gasteiger partial charge on any atom is 0.421 e. The molecule has 1 atom stereocenters. The first-order chi connectivity index (χ1) is 22.6. The van der Waals surface area contributed by atoms with E-state index in [4.69, 9.17) is 0 Å². The Kier molecular flexibility index (Phi) is 10.4. The first-order valence-corrected chi connectivity index (χ1v) is 15.3. The van der Waals surface area contributed by atoms with Crippen molar-refractivity contribution >= 4 is 40.6 Å². The highest BCUT2D eigenvalue weighted by atomic mass is 19.4. The summed E-state index contributed by atoms with van der Waals surface area (Å²) in [5, 5.41) is 11.6. The van der Waals surface area contributed by atoms with Crippen LogP contribution < -0.4 is 21.3 Å². The molecule has 244 valence electrons. The zero-order chi connectivity index (χ0) is 33.4. The Morgan fingerprint density at radius 2 is 1.79 bits per heavy atom.